The summed E-state index contributed by atoms with van der Waals surface area (Å²) >= 11 is 5.92. The summed E-state index contributed by atoms with van der Waals surface area (Å²) in [5.74, 6) is -2.07. The Morgan fingerprint density at radius 3 is 1.97 bits per heavy atom. The zero-order valence-electron chi connectivity index (χ0n) is 17.7. The number of rotatable bonds is 6. The second-order valence-corrected chi connectivity index (χ2v) is 10.8. The first-order chi connectivity index (χ1) is 15.6. The molecular formula is C24H22ClN2O5S+. The fourth-order valence-electron chi connectivity index (χ4n) is 4.42. The molecule has 7 nitrogen and oxygen atoms in total. The van der Waals surface area contributed by atoms with Crippen LogP contribution in [0.5, 0.6) is 0 Å². The highest BCUT2D eigenvalue weighted by atomic mass is 35.5. The third-order valence-corrected chi connectivity index (χ3v) is 9.08. The van der Waals surface area contributed by atoms with E-state index in [1.54, 1.807) is 66.7 Å². The maximum Gasteiger partial charge on any atom is 0.430 e. The number of quaternary nitrogens is 1. The Kier molecular flexibility index (Phi) is 5.56. The van der Waals surface area contributed by atoms with Gasteiger partial charge in [-0.2, -0.15) is 8.42 Å². The molecule has 0 spiro atoms. The molecule has 1 fully saturated rings. The SMILES string of the molecule is C[N+](C(N)=O)([C@]1(C(=O)O)C[C@H]1c1ccccc1)S(=O)(=O)c1ccc(-c2ccc(Cl)cc2)cc1. The third kappa shape index (κ3) is 3.42. The van der Waals surface area contributed by atoms with Crippen molar-refractivity contribution in [1.82, 2.24) is 0 Å². The lowest BCUT2D eigenvalue weighted by Gasteiger charge is -2.34. The molecule has 0 heterocycles. The first kappa shape index (κ1) is 23.0. The predicted octanol–water partition coefficient (Wildman–Crippen LogP) is 4.23. The maximum atomic E-state index is 13.7. The van der Waals surface area contributed by atoms with Crippen LogP contribution in [0, 0.1) is 0 Å². The number of nitrogens with two attached hydrogens (primary N) is 1. The van der Waals surface area contributed by atoms with Crippen LogP contribution < -0.4 is 5.73 Å². The average molecular weight is 486 g/mol. The lowest BCUT2D eigenvalue weighted by Crippen LogP contribution is -2.67. The molecule has 3 N–H and O–H groups in total. The van der Waals surface area contributed by atoms with Gasteiger partial charge in [-0.1, -0.05) is 66.2 Å². The van der Waals surface area contributed by atoms with E-state index < -0.39 is 37.4 Å². The Morgan fingerprint density at radius 1 is 0.970 bits per heavy atom. The van der Waals surface area contributed by atoms with Crippen molar-refractivity contribution in [2.24, 2.45) is 5.73 Å². The number of benzene rings is 3. The number of carboxylic acid groups (broad SMARTS) is 1. The van der Waals surface area contributed by atoms with E-state index in [1.807, 2.05) is 0 Å². The first-order valence-corrected chi connectivity index (χ1v) is 11.9. The second kappa shape index (κ2) is 7.98. The molecule has 3 aromatic carbocycles. The summed E-state index contributed by atoms with van der Waals surface area (Å²) in [6, 6.07) is 20.3. The van der Waals surface area contributed by atoms with E-state index in [4.69, 9.17) is 17.3 Å². The molecule has 2 amide bonds. The van der Waals surface area contributed by atoms with E-state index in [0.717, 1.165) is 18.2 Å². The highest BCUT2D eigenvalue weighted by Crippen LogP contribution is 2.60. The number of carboxylic acids is 1. The third-order valence-electron chi connectivity index (χ3n) is 6.50. The number of carbonyl (C=O) groups excluding carboxylic acids is 1. The number of nitrogens with zero attached hydrogens (tertiary/aromatic N) is 1. The Hall–Kier alpha value is -3.20. The number of urea groups is 1. The lowest BCUT2D eigenvalue weighted by molar-refractivity contribution is -0.731. The van der Waals surface area contributed by atoms with E-state index in [1.165, 1.54) is 12.1 Å². The predicted molar refractivity (Wildman–Crippen MR) is 124 cm³/mol. The van der Waals surface area contributed by atoms with Gasteiger partial charge in [-0.3, -0.25) is 0 Å². The summed E-state index contributed by atoms with van der Waals surface area (Å²) < 4.78 is 26.0. The summed E-state index contributed by atoms with van der Waals surface area (Å²) in [7, 11) is -3.45. The Labute approximate surface area is 196 Å². The topological polar surface area (TPSA) is 115 Å². The molecular weight excluding hydrogens is 464 g/mol. The lowest BCUT2D eigenvalue weighted by atomic mass is 10.1. The van der Waals surface area contributed by atoms with E-state index >= 15 is 0 Å². The van der Waals surface area contributed by atoms with E-state index in [9.17, 15) is 23.1 Å². The van der Waals surface area contributed by atoms with E-state index in [-0.39, 0.29) is 11.3 Å². The number of likely N-dealkylation sites (N-methyl/N-ethyl adjacent to an activating group) is 1. The van der Waals surface area contributed by atoms with Crippen molar-refractivity contribution in [3.05, 3.63) is 89.4 Å². The van der Waals surface area contributed by atoms with Gasteiger partial charge in [-0.25, -0.2) is 9.59 Å². The van der Waals surface area contributed by atoms with Crippen molar-refractivity contribution in [3.63, 3.8) is 0 Å². The minimum atomic E-state index is -4.53. The van der Waals surface area contributed by atoms with Gasteiger partial charge < -0.3 is 10.8 Å². The summed E-state index contributed by atoms with van der Waals surface area (Å²) in [6.07, 6.45) is -0.0339. The van der Waals surface area contributed by atoms with Crippen LogP contribution in [-0.2, 0) is 14.8 Å². The monoisotopic (exact) mass is 485 g/mol. The summed E-state index contributed by atoms with van der Waals surface area (Å²) in [4.78, 5) is 24.9. The van der Waals surface area contributed by atoms with Crippen molar-refractivity contribution < 1.29 is 27.0 Å². The molecule has 0 saturated heterocycles. The van der Waals surface area contributed by atoms with Gasteiger partial charge >= 0.3 is 22.0 Å². The molecule has 0 bridgehead atoms. The van der Waals surface area contributed by atoms with Gasteiger partial charge in [0.05, 0.1) is 13.0 Å². The Morgan fingerprint density at radius 2 is 1.48 bits per heavy atom. The molecule has 0 radical (unpaired) electrons. The van der Waals surface area contributed by atoms with Crippen LogP contribution in [0.4, 0.5) is 4.79 Å². The minimum Gasteiger partial charge on any atom is -0.477 e. The van der Waals surface area contributed by atoms with Crippen LogP contribution in [-0.4, -0.2) is 42.0 Å². The molecule has 0 aromatic heterocycles. The maximum absolute atomic E-state index is 13.7. The van der Waals surface area contributed by atoms with Gasteiger partial charge in [0, 0.05) is 11.4 Å². The molecule has 4 rings (SSSR count). The molecule has 1 aliphatic carbocycles. The van der Waals surface area contributed by atoms with Crippen molar-refractivity contribution in [3.8, 4) is 11.1 Å². The second-order valence-electron chi connectivity index (χ2n) is 8.17. The van der Waals surface area contributed by atoms with Gasteiger partial charge in [0.15, 0.2) is 0 Å². The van der Waals surface area contributed by atoms with Crippen LogP contribution in [0.15, 0.2) is 83.8 Å². The number of sulfonamides is 1. The Balaban J connectivity index is 1.79. The number of amides is 2. The number of primary amides is 1. The molecule has 1 aliphatic rings. The molecule has 33 heavy (non-hydrogen) atoms. The van der Waals surface area contributed by atoms with Crippen molar-refractivity contribution >= 4 is 33.6 Å². The molecule has 3 aromatic rings. The van der Waals surface area contributed by atoms with Gasteiger partial charge in [-0.15, -0.1) is 3.89 Å². The largest absolute Gasteiger partial charge is 0.477 e. The minimum absolute atomic E-state index is 0.0339. The van der Waals surface area contributed by atoms with Gasteiger partial charge in [0.25, 0.3) is 0 Å². The number of halogens is 1. The Bertz CT molecular complexity index is 1330. The van der Waals surface area contributed by atoms with Crippen molar-refractivity contribution in [1.29, 1.82) is 0 Å². The summed E-state index contributed by atoms with van der Waals surface area (Å²) in [5.41, 5.74) is 5.88. The smallest absolute Gasteiger partial charge is 0.430 e. The number of hydrogen-bond acceptors (Lipinski definition) is 4. The zero-order valence-corrected chi connectivity index (χ0v) is 19.3. The van der Waals surface area contributed by atoms with Gasteiger partial charge in [0.2, 0.25) is 5.54 Å². The molecule has 3 atom stereocenters. The van der Waals surface area contributed by atoms with Crippen LogP contribution >= 0.6 is 11.6 Å². The molecule has 9 heteroatoms. The fraction of sp³-hybridized carbons (Fsp3) is 0.167. The van der Waals surface area contributed by atoms with Crippen molar-refractivity contribution in [2.45, 2.75) is 22.8 Å². The number of aliphatic carboxylic acids is 1. The zero-order chi connectivity index (χ0) is 24.0. The van der Waals surface area contributed by atoms with Gasteiger partial charge in [0.1, 0.15) is 4.90 Å². The summed E-state index contributed by atoms with van der Waals surface area (Å²) in [6.45, 7) is 0. The molecule has 1 unspecified atom stereocenters. The van der Waals surface area contributed by atoms with Crippen molar-refractivity contribution in [2.75, 3.05) is 7.05 Å². The normalized spacial score (nSPS) is 21.7. The van der Waals surface area contributed by atoms with Crippen LogP contribution in [0.1, 0.15) is 17.9 Å². The average Bonchev–Trinajstić information content (AvgIpc) is 3.57. The van der Waals surface area contributed by atoms with Crippen LogP contribution in [0.25, 0.3) is 11.1 Å². The fourth-order valence-corrected chi connectivity index (χ4v) is 6.40. The summed E-state index contributed by atoms with van der Waals surface area (Å²) in [5, 5.41) is 10.7. The molecule has 170 valence electrons. The number of carbonyl (C=O) groups is 2. The van der Waals surface area contributed by atoms with Gasteiger partial charge in [-0.05, 0) is 41.0 Å². The quantitative estimate of drug-likeness (QED) is 0.507. The number of hydrogen-bond donors (Lipinski definition) is 2. The molecule has 0 aliphatic heterocycles. The van der Waals surface area contributed by atoms with Crippen LogP contribution in [0.3, 0.4) is 0 Å². The first-order valence-electron chi connectivity index (χ1n) is 10.1. The van der Waals surface area contributed by atoms with E-state index in [2.05, 4.69) is 0 Å². The van der Waals surface area contributed by atoms with E-state index in [0.29, 0.717) is 10.6 Å². The van der Waals surface area contributed by atoms with Crippen LogP contribution in [0.2, 0.25) is 5.02 Å². The molecule has 1 saturated carbocycles. The highest BCUT2D eigenvalue weighted by Gasteiger charge is 2.79. The standard InChI is InChI=1S/C24H21ClN2O5S/c1-27(23(26)30,24(22(28)29)15-21(24)18-5-3-2-4-6-18)33(31,32)20-13-9-17(10-14-20)16-7-11-19(25)12-8-16/h2-14,21H,15H2,1H3,(H2-,26,28,29,30)/p+1/t21-,24+,27?/m0/s1. The highest BCUT2D eigenvalue weighted by molar-refractivity contribution is 7.86.